The van der Waals surface area contributed by atoms with Gasteiger partial charge in [-0.15, -0.1) is 0 Å². The largest absolute Gasteiger partial charge is 0.378 e. The Hall–Kier alpha value is -1.36. The van der Waals surface area contributed by atoms with Gasteiger partial charge in [0.1, 0.15) is 0 Å². The topological polar surface area (TPSA) is 49.9 Å². The number of hydrogen-bond acceptors (Lipinski definition) is 3. The van der Waals surface area contributed by atoms with E-state index >= 15 is 0 Å². The summed E-state index contributed by atoms with van der Waals surface area (Å²) in [6, 6.07) is 0. The molecule has 18 heavy (non-hydrogen) atoms. The molecule has 0 unspecified atom stereocenters. The molecule has 2 fully saturated rings. The molecule has 100 valence electrons. The zero-order chi connectivity index (χ0) is 13.1. The Morgan fingerprint density at radius 1 is 1.22 bits per heavy atom. The van der Waals surface area contributed by atoms with Gasteiger partial charge in [-0.1, -0.05) is 13.5 Å². The zero-order valence-corrected chi connectivity index (χ0v) is 10.8. The van der Waals surface area contributed by atoms with Crippen LogP contribution in [-0.4, -0.2) is 61.0 Å². The van der Waals surface area contributed by atoms with Gasteiger partial charge in [0.25, 0.3) is 0 Å². The molecule has 5 heteroatoms. The van der Waals surface area contributed by atoms with Crippen molar-refractivity contribution in [2.24, 2.45) is 11.8 Å². The second-order valence-electron chi connectivity index (χ2n) is 4.97. The Morgan fingerprint density at radius 2 is 1.89 bits per heavy atom. The van der Waals surface area contributed by atoms with Crippen molar-refractivity contribution in [3.63, 3.8) is 0 Å². The first-order chi connectivity index (χ1) is 8.63. The minimum Gasteiger partial charge on any atom is -0.378 e. The minimum atomic E-state index is -0.0841. The molecule has 2 heterocycles. The normalized spacial score (nSPS) is 28.3. The van der Waals surface area contributed by atoms with E-state index in [2.05, 4.69) is 6.58 Å². The number of ether oxygens (including phenoxy) is 1. The molecular weight excluding hydrogens is 232 g/mol. The number of carbonyl (C=O) groups excluding carboxylic acids is 2. The molecule has 0 bridgehead atoms. The van der Waals surface area contributed by atoms with E-state index < -0.39 is 0 Å². The van der Waals surface area contributed by atoms with E-state index in [0.717, 1.165) is 0 Å². The van der Waals surface area contributed by atoms with Crippen LogP contribution in [0.3, 0.4) is 0 Å². The van der Waals surface area contributed by atoms with Crippen LogP contribution in [0.2, 0.25) is 0 Å². The highest BCUT2D eigenvalue weighted by atomic mass is 16.5. The molecule has 0 saturated carbocycles. The van der Waals surface area contributed by atoms with Gasteiger partial charge in [0.15, 0.2) is 0 Å². The van der Waals surface area contributed by atoms with Crippen molar-refractivity contribution in [2.45, 2.75) is 6.92 Å². The first-order valence-electron chi connectivity index (χ1n) is 6.41. The van der Waals surface area contributed by atoms with E-state index in [1.807, 2.05) is 11.8 Å². The van der Waals surface area contributed by atoms with Crippen molar-refractivity contribution in [3.05, 3.63) is 12.7 Å². The lowest BCUT2D eigenvalue weighted by Gasteiger charge is -2.30. The van der Waals surface area contributed by atoms with E-state index in [1.54, 1.807) is 4.90 Å². The first-order valence-corrected chi connectivity index (χ1v) is 6.41. The molecule has 0 aliphatic carbocycles. The lowest BCUT2D eigenvalue weighted by atomic mass is 9.96. The highest BCUT2D eigenvalue weighted by Crippen LogP contribution is 2.25. The summed E-state index contributed by atoms with van der Waals surface area (Å²) < 4.78 is 5.24. The molecule has 2 atom stereocenters. The molecule has 2 aliphatic heterocycles. The smallest absolute Gasteiger partial charge is 0.245 e. The Kier molecular flexibility index (Phi) is 4.01. The van der Waals surface area contributed by atoms with Crippen LogP contribution in [0.15, 0.2) is 12.7 Å². The fraction of sp³-hybridized carbons (Fsp3) is 0.692. The van der Waals surface area contributed by atoms with E-state index in [0.29, 0.717) is 39.4 Å². The van der Waals surface area contributed by atoms with Gasteiger partial charge >= 0.3 is 0 Å². The third kappa shape index (κ3) is 2.56. The molecule has 2 amide bonds. The van der Waals surface area contributed by atoms with Gasteiger partial charge < -0.3 is 14.5 Å². The second kappa shape index (κ2) is 5.52. The number of amides is 2. The van der Waals surface area contributed by atoms with E-state index in [-0.39, 0.29) is 23.7 Å². The highest BCUT2D eigenvalue weighted by Gasteiger charge is 2.38. The molecule has 0 radical (unpaired) electrons. The molecule has 2 aliphatic rings. The Bertz CT molecular complexity index is 350. The molecule has 0 aromatic carbocycles. The van der Waals surface area contributed by atoms with Crippen LogP contribution in [-0.2, 0) is 14.3 Å². The summed E-state index contributed by atoms with van der Waals surface area (Å²) in [4.78, 5) is 27.5. The van der Waals surface area contributed by atoms with Gasteiger partial charge in [0.05, 0.1) is 19.1 Å². The summed E-state index contributed by atoms with van der Waals surface area (Å²) >= 11 is 0. The van der Waals surface area contributed by atoms with E-state index in [1.165, 1.54) is 6.08 Å². The summed E-state index contributed by atoms with van der Waals surface area (Å²) in [5.74, 6) is 0.209. The first kappa shape index (κ1) is 13.1. The number of likely N-dealkylation sites (tertiary alicyclic amines) is 1. The van der Waals surface area contributed by atoms with Gasteiger partial charge in [0, 0.05) is 26.2 Å². The molecule has 2 saturated heterocycles. The van der Waals surface area contributed by atoms with Crippen molar-refractivity contribution < 1.29 is 14.3 Å². The zero-order valence-electron chi connectivity index (χ0n) is 10.8. The standard InChI is InChI=1S/C13H20N2O3/c1-3-12(16)15-8-10(2)11(9-15)13(17)14-4-6-18-7-5-14/h3,10-11H,1,4-9H2,2H3/t10-,11-/m1/s1. The fourth-order valence-electron chi connectivity index (χ4n) is 2.62. The van der Waals surface area contributed by atoms with E-state index in [4.69, 9.17) is 4.74 Å². The fourth-order valence-corrected chi connectivity index (χ4v) is 2.62. The maximum Gasteiger partial charge on any atom is 0.245 e. The van der Waals surface area contributed by atoms with Gasteiger partial charge in [-0.2, -0.15) is 0 Å². The molecule has 0 aromatic heterocycles. The average Bonchev–Trinajstić information content (AvgIpc) is 2.80. The van der Waals surface area contributed by atoms with Crippen LogP contribution in [0, 0.1) is 11.8 Å². The number of morpholine rings is 1. The molecule has 0 aromatic rings. The van der Waals surface area contributed by atoms with Crippen LogP contribution in [0.5, 0.6) is 0 Å². The van der Waals surface area contributed by atoms with Crippen LogP contribution in [0.4, 0.5) is 0 Å². The predicted octanol–water partition coefficient (Wildman–Crippen LogP) is 0.126. The molecule has 5 nitrogen and oxygen atoms in total. The SMILES string of the molecule is C=CC(=O)N1C[C@@H](C)[C@H](C(=O)N2CCOCC2)C1. The number of rotatable bonds is 2. The van der Waals surface area contributed by atoms with Crippen LogP contribution in [0.25, 0.3) is 0 Å². The van der Waals surface area contributed by atoms with Crippen molar-refractivity contribution in [1.29, 1.82) is 0 Å². The van der Waals surface area contributed by atoms with Crippen LogP contribution in [0.1, 0.15) is 6.92 Å². The molecule has 0 spiro atoms. The number of hydrogen-bond donors (Lipinski definition) is 0. The van der Waals surface area contributed by atoms with E-state index in [9.17, 15) is 9.59 Å². The van der Waals surface area contributed by atoms with Gasteiger partial charge in [-0.3, -0.25) is 9.59 Å². The lowest BCUT2D eigenvalue weighted by Crippen LogP contribution is -2.45. The summed E-state index contributed by atoms with van der Waals surface area (Å²) in [6.07, 6.45) is 1.31. The number of carbonyl (C=O) groups is 2. The van der Waals surface area contributed by atoms with Gasteiger partial charge in [0.2, 0.25) is 11.8 Å². The average molecular weight is 252 g/mol. The van der Waals surface area contributed by atoms with Crippen LogP contribution < -0.4 is 0 Å². The van der Waals surface area contributed by atoms with Crippen molar-refractivity contribution >= 4 is 11.8 Å². The molecular formula is C13H20N2O3. The summed E-state index contributed by atoms with van der Waals surface area (Å²) in [5, 5.41) is 0. The Balaban J connectivity index is 1.98. The predicted molar refractivity (Wildman–Crippen MR) is 66.8 cm³/mol. The third-order valence-corrected chi connectivity index (χ3v) is 3.74. The minimum absolute atomic E-state index is 0.0769. The van der Waals surface area contributed by atoms with Crippen molar-refractivity contribution in [1.82, 2.24) is 9.80 Å². The van der Waals surface area contributed by atoms with Gasteiger partial charge in [-0.05, 0) is 12.0 Å². The molecule has 0 N–H and O–H groups in total. The maximum atomic E-state index is 12.4. The lowest BCUT2D eigenvalue weighted by molar-refractivity contribution is -0.140. The highest BCUT2D eigenvalue weighted by molar-refractivity contribution is 5.88. The summed E-state index contributed by atoms with van der Waals surface area (Å²) in [7, 11) is 0. The summed E-state index contributed by atoms with van der Waals surface area (Å²) in [6.45, 7) is 9.23. The third-order valence-electron chi connectivity index (χ3n) is 3.74. The summed E-state index contributed by atoms with van der Waals surface area (Å²) in [5.41, 5.74) is 0. The maximum absolute atomic E-state index is 12.4. The van der Waals surface area contributed by atoms with Crippen LogP contribution >= 0.6 is 0 Å². The quantitative estimate of drug-likeness (QED) is 0.656. The Labute approximate surface area is 107 Å². The van der Waals surface area contributed by atoms with Gasteiger partial charge in [-0.25, -0.2) is 0 Å². The Morgan fingerprint density at radius 3 is 2.50 bits per heavy atom. The van der Waals surface area contributed by atoms with Crippen molar-refractivity contribution in [3.8, 4) is 0 Å². The monoisotopic (exact) mass is 252 g/mol. The number of nitrogens with zero attached hydrogens (tertiary/aromatic N) is 2. The van der Waals surface area contributed by atoms with Crippen molar-refractivity contribution in [2.75, 3.05) is 39.4 Å². The molecule has 2 rings (SSSR count). The second-order valence-corrected chi connectivity index (χ2v) is 4.97.